The summed E-state index contributed by atoms with van der Waals surface area (Å²) in [7, 11) is 0. The molecule has 98 valence electrons. The summed E-state index contributed by atoms with van der Waals surface area (Å²) in [6.07, 6.45) is 1.66. The molecule has 0 spiro atoms. The molecule has 0 bridgehead atoms. The Morgan fingerprint density at radius 1 is 1.20 bits per heavy atom. The van der Waals surface area contributed by atoms with Crippen LogP contribution >= 0.6 is 23.2 Å². The van der Waals surface area contributed by atoms with Crippen LogP contribution in [0.2, 0.25) is 10.0 Å². The third-order valence-electron chi connectivity index (χ3n) is 2.97. The third kappa shape index (κ3) is 1.97. The number of hydrogen-bond donors (Lipinski definition) is 1. The molecule has 2 heterocycles. The van der Waals surface area contributed by atoms with Crippen LogP contribution in [0, 0.1) is 11.3 Å². The normalized spacial score (nSPS) is 10.7. The molecule has 3 rings (SSSR count). The molecule has 2 aromatic heterocycles. The standard InChI is InChI=1S/C14H8Cl2N4/c15-10-5-11(16)14-19-12(13(18)20(14)7-10)9-3-1-8(6-17)2-4-9/h1-5,7H,18H2. The first kappa shape index (κ1) is 12.8. The molecule has 1 aromatic carbocycles. The number of imidazole rings is 1. The van der Waals surface area contributed by atoms with Gasteiger partial charge in [-0.05, 0) is 18.2 Å². The number of halogens is 2. The van der Waals surface area contributed by atoms with Crippen molar-refractivity contribution < 1.29 is 0 Å². The fourth-order valence-corrected chi connectivity index (χ4v) is 2.52. The van der Waals surface area contributed by atoms with Crippen molar-refractivity contribution in [1.82, 2.24) is 9.38 Å². The van der Waals surface area contributed by atoms with Crippen LogP contribution in [-0.2, 0) is 0 Å². The van der Waals surface area contributed by atoms with Crippen molar-refractivity contribution in [2.45, 2.75) is 0 Å². The molecule has 0 saturated carbocycles. The van der Waals surface area contributed by atoms with Crippen LogP contribution in [0.15, 0.2) is 36.5 Å². The number of aromatic nitrogens is 2. The SMILES string of the molecule is N#Cc1ccc(-c2nc3c(Cl)cc(Cl)cn3c2N)cc1. The first-order valence-electron chi connectivity index (χ1n) is 5.73. The Kier molecular flexibility index (Phi) is 3.01. The number of nitrogens with two attached hydrogens (primary N) is 1. The monoisotopic (exact) mass is 302 g/mol. The van der Waals surface area contributed by atoms with Gasteiger partial charge < -0.3 is 5.73 Å². The van der Waals surface area contributed by atoms with Gasteiger partial charge in [-0.15, -0.1) is 0 Å². The van der Waals surface area contributed by atoms with Crippen LogP contribution in [0.3, 0.4) is 0 Å². The van der Waals surface area contributed by atoms with Crippen LogP contribution in [-0.4, -0.2) is 9.38 Å². The molecular weight excluding hydrogens is 295 g/mol. The minimum absolute atomic E-state index is 0.434. The molecule has 0 radical (unpaired) electrons. The summed E-state index contributed by atoms with van der Waals surface area (Å²) < 4.78 is 1.65. The average molecular weight is 303 g/mol. The van der Waals surface area contributed by atoms with E-state index in [9.17, 15) is 0 Å². The second kappa shape index (κ2) is 4.71. The van der Waals surface area contributed by atoms with E-state index in [4.69, 9.17) is 34.2 Å². The second-order valence-electron chi connectivity index (χ2n) is 4.23. The highest BCUT2D eigenvalue weighted by atomic mass is 35.5. The molecule has 3 aromatic rings. The first-order chi connectivity index (χ1) is 9.60. The van der Waals surface area contributed by atoms with E-state index in [2.05, 4.69) is 11.1 Å². The summed E-state index contributed by atoms with van der Waals surface area (Å²) in [5.41, 5.74) is 8.65. The number of nitrogens with zero attached hydrogens (tertiary/aromatic N) is 3. The maximum atomic E-state index is 8.81. The fourth-order valence-electron chi connectivity index (χ4n) is 2.01. The van der Waals surface area contributed by atoms with Crippen LogP contribution in [0.5, 0.6) is 0 Å². The topological polar surface area (TPSA) is 67.1 Å². The second-order valence-corrected chi connectivity index (χ2v) is 5.08. The fraction of sp³-hybridized carbons (Fsp3) is 0. The zero-order valence-electron chi connectivity index (χ0n) is 10.1. The minimum Gasteiger partial charge on any atom is -0.383 e. The molecule has 0 amide bonds. The average Bonchev–Trinajstić information content (AvgIpc) is 2.77. The van der Waals surface area contributed by atoms with Crippen molar-refractivity contribution >= 4 is 34.7 Å². The Morgan fingerprint density at radius 2 is 1.90 bits per heavy atom. The molecule has 2 N–H and O–H groups in total. The van der Waals surface area contributed by atoms with E-state index in [1.165, 1.54) is 0 Å². The number of nitrogen functional groups attached to an aromatic ring is 1. The molecule has 0 atom stereocenters. The van der Waals surface area contributed by atoms with E-state index in [0.29, 0.717) is 32.8 Å². The van der Waals surface area contributed by atoms with Gasteiger partial charge in [-0.25, -0.2) is 4.98 Å². The van der Waals surface area contributed by atoms with E-state index in [-0.39, 0.29) is 0 Å². The predicted molar refractivity (Wildman–Crippen MR) is 79.8 cm³/mol. The molecule has 4 nitrogen and oxygen atoms in total. The summed E-state index contributed by atoms with van der Waals surface area (Å²) in [5.74, 6) is 0.453. The first-order valence-corrected chi connectivity index (χ1v) is 6.49. The number of nitriles is 1. The smallest absolute Gasteiger partial charge is 0.158 e. The van der Waals surface area contributed by atoms with E-state index >= 15 is 0 Å². The molecule has 0 aliphatic rings. The van der Waals surface area contributed by atoms with E-state index in [0.717, 1.165) is 5.56 Å². The zero-order chi connectivity index (χ0) is 14.3. The number of fused-ring (bicyclic) bond motifs is 1. The Labute approximate surface area is 125 Å². The van der Waals surface area contributed by atoms with Crippen molar-refractivity contribution in [2.75, 3.05) is 5.73 Å². The molecule has 0 aliphatic carbocycles. The highest BCUT2D eigenvalue weighted by Crippen LogP contribution is 2.31. The van der Waals surface area contributed by atoms with Gasteiger partial charge in [0, 0.05) is 11.8 Å². The van der Waals surface area contributed by atoms with E-state index < -0.39 is 0 Å². The summed E-state index contributed by atoms with van der Waals surface area (Å²) in [6.45, 7) is 0. The lowest BCUT2D eigenvalue weighted by molar-refractivity contribution is 1.20. The van der Waals surface area contributed by atoms with Crippen molar-refractivity contribution in [3.63, 3.8) is 0 Å². The van der Waals surface area contributed by atoms with Gasteiger partial charge in [-0.1, -0.05) is 35.3 Å². The van der Waals surface area contributed by atoms with Gasteiger partial charge in [-0.3, -0.25) is 4.40 Å². The number of rotatable bonds is 1. The van der Waals surface area contributed by atoms with Crippen LogP contribution in [0.1, 0.15) is 5.56 Å². The Balaban J connectivity index is 2.24. The molecule has 0 aliphatic heterocycles. The highest BCUT2D eigenvalue weighted by molar-refractivity contribution is 6.36. The molecular formula is C14H8Cl2N4. The van der Waals surface area contributed by atoms with Crippen molar-refractivity contribution in [3.05, 3.63) is 52.1 Å². The van der Waals surface area contributed by atoms with E-state index in [1.807, 2.05) is 0 Å². The van der Waals surface area contributed by atoms with Gasteiger partial charge in [0.15, 0.2) is 5.65 Å². The lowest BCUT2D eigenvalue weighted by Gasteiger charge is -2.00. The minimum atomic E-state index is 0.434. The third-order valence-corrected chi connectivity index (χ3v) is 3.45. The summed E-state index contributed by atoms with van der Waals surface area (Å²) in [5, 5.41) is 9.73. The van der Waals surface area contributed by atoms with Crippen LogP contribution < -0.4 is 5.73 Å². The maximum Gasteiger partial charge on any atom is 0.158 e. The van der Waals surface area contributed by atoms with Crippen LogP contribution in [0.4, 0.5) is 5.82 Å². The Morgan fingerprint density at radius 3 is 2.55 bits per heavy atom. The van der Waals surface area contributed by atoms with Crippen LogP contribution in [0.25, 0.3) is 16.9 Å². The van der Waals surface area contributed by atoms with Gasteiger partial charge in [0.05, 0.1) is 21.7 Å². The van der Waals surface area contributed by atoms with E-state index in [1.54, 1.807) is 40.9 Å². The molecule has 0 unspecified atom stereocenters. The van der Waals surface area contributed by atoms with Crippen molar-refractivity contribution in [3.8, 4) is 17.3 Å². The highest BCUT2D eigenvalue weighted by Gasteiger charge is 2.14. The Bertz CT molecular complexity index is 844. The van der Waals surface area contributed by atoms with Crippen molar-refractivity contribution in [2.24, 2.45) is 0 Å². The molecule has 20 heavy (non-hydrogen) atoms. The quantitative estimate of drug-likeness (QED) is 0.744. The van der Waals surface area contributed by atoms with Crippen molar-refractivity contribution in [1.29, 1.82) is 5.26 Å². The predicted octanol–water partition coefficient (Wildman–Crippen LogP) is 3.76. The number of hydrogen-bond acceptors (Lipinski definition) is 3. The van der Waals surface area contributed by atoms with Gasteiger partial charge in [-0.2, -0.15) is 5.26 Å². The van der Waals surface area contributed by atoms with Gasteiger partial charge in [0.2, 0.25) is 0 Å². The summed E-state index contributed by atoms with van der Waals surface area (Å²) in [4.78, 5) is 4.44. The molecule has 0 fully saturated rings. The zero-order valence-corrected chi connectivity index (χ0v) is 11.7. The van der Waals surface area contributed by atoms with Gasteiger partial charge in [0.1, 0.15) is 11.5 Å². The summed E-state index contributed by atoms with van der Waals surface area (Å²) in [6, 6.07) is 10.7. The van der Waals surface area contributed by atoms with Gasteiger partial charge >= 0.3 is 0 Å². The largest absolute Gasteiger partial charge is 0.383 e. The number of benzene rings is 1. The molecule has 0 saturated heterocycles. The lowest BCUT2D eigenvalue weighted by atomic mass is 10.1. The lowest BCUT2D eigenvalue weighted by Crippen LogP contribution is -1.94. The molecule has 6 heteroatoms. The maximum absolute atomic E-state index is 8.81. The Hall–Kier alpha value is -2.22. The summed E-state index contributed by atoms with van der Waals surface area (Å²) >= 11 is 12.1. The van der Waals surface area contributed by atoms with Gasteiger partial charge in [0.25, 0.3) is 0 Å². The number of anilines is 1. The number of pyridine rings is 1.